The first-order valence-electron chi connectivity index (χ1n) is 7.18. The van der Waals surface area contributed by atoms with Crippen LogP contribution in [0.25, 0.3) is 0 Å². The van der Waals surface area contributed by atoms with E-state index in [1.807, 2.05) is 0 Å². The van der Waals surface area contributed by atoms with Gasteiger partial charge in [-0.15, -0.1) is 0 Å². The smallest absolute Gasteiger partial charge is 0.0619 e. The maximum Gasteiger partial charge on any atom is 0.0619 e. The second kappa shape index (κ2) is 9.00. The molecule has 0 heterocycles. The molecule has 1 rings (SSSR count). The molecule has 1 saturated carbocycles. The van der Waals surface area contributed by atoms with E-state index in [1.165, 1.54) is 44.9 Å². The van der Waals surface area contributed by atoms with Crippen molar-refractivity contribution < 1.29 is 4.74 Å². The van der Waals surface area contributed by atoms with Gasteiger partial charge in [-0.2, -0.15) is 0 Å². The zero-order valence-electron chi connectivity index (χ0n) is 11.1. The van der Waals surface area contributed by atoms with Gasteiger partial charge in [-0.25, -0.2) is 0 Å². The number of hydrogen-bond acceptors (Lipinski definition) is 2. The summed E-state index contributed by atoms with van der Waals surface area (Å²) in [6.45, 7) is 7.18. The average Bonchev–Trinajstić information content (AvgIpc) is 2.34. The van der Waals surface area contributed by atoms with Crippen molar-refractivity contribution in [1.82, 2.24) is 5.32 Å². The van der Waals surface area contributed by atoms with E-state index in [1.54, 1.807) is 0 Å². The van der Waals surface area contributed by atoms with Crippen molar-refractivity contribution in [3.63, 3.8) is 0 Å². The van der Waals surface area contributed by atoms with Crippen LogP contribution in [-0.2, 0) is 4.74 Å². The Balaban J connectivity index is 2.23. The molecule has 1 aliphatic rings. The Labute approximate surface area is 101 Å². The molecule has 1 aliphatic carbocycles. The van der Waals surface area contributed by atoms with Gasteiger partial charge in [0, 0.05) is 12.6 Å². The van der Waals surface area contributed by atoms with E-state index >= 15 is 0 Å². The summed E-state index contributed by atoms with van der Waals surface area (Å²) in [4.78, 5) is 0. The van der Waals surface area contributed by atoms with Crippen LogP contribution in [0.1, 0.15) is 58.8 Å². The number of nitrogens with one attached hydrogen (secondary N) is 1. The summed E-state index contributed by atoms with van der Waals surface area (Å²) in [6.07, 6.45) is 9.76. The van der Waals surface area contributed by atoms with Crippen LogP contribution in [0.5, 0.6) is 0 Å². The van der Waals surface area contributed by atoms with Gasteiger partial charge < -0.3 is 10.1 Å². The van der Waals surface area contributed by atoms with E-state index in [0.717, 1.165) is 25.7 Å². The molecule has 1 unspecified atom stereocenters. The molecular formula is C14H29NO. The quantitative estimate of drug-likeness (QED) is 0.686. The predicted molar refractivity (Wildman–Crippen MR) is 69.8 cm³/mol. The Morgan fingerprint density at radius 3 is 2.56 bits per heavy atom. The highest BCUT2D eigenvalue weighted by Crippen LogP contribution is 2.27. The molecule has 0 amide bonds. The lowest BCUT2D eigenvalue weighted by Gasteiger charge is -2.27. The normalized spacial score (nSPS) is 19.9. The molecule has 0 aliphatic heterocycles. The Kier molecular flexibility index (Phi) is 7.87. The Hall–Kier alpha value is -0.0800. The summed E-state index contributed by atoms with van der Waals surface area (Å²) >= 11 is 0. The first-order chi connectivity index (χ1) is 7.86. The first-order valence-corrected chi connectivity index (χ1v) is 7.18. The van der Waals surface area contributed by atoms with Gasteiger partial charge in [0.25, 0.3) is 0 Å². The highest BCUT2D eigenvalue weighted by molar-refractivity contribution is 4.74. The second-order valence-corrected chi connectivity index (χ2v) is 5.05. The highest BCUT2D eigenvalue weighted by atomic mass is 16.5. The zero-order valence-corrected chi connectivity index (χ0v) is 11.1. The summed E-state index contributed by atoms with van der Waals surface area (Å²) in [5.41, 5.74) is 0. The van der Waals surface area contributed by atoms with Gasteiger partial charge in [0.2, 0.25) is 0 Å². The largest absolute Gasteiger partial charge is 0.380 e. The number of hydrogen-bond donors (Lipinski definition) is 1. The van der Waals surface area contributed by atoms with Crippen molar-refractivity contribution in [1.29, 1.82) is 0 Å². The minimum atomic E-state index is 0.586. The summed E-state index contributed by atoms with van der Waals surface area (Å²) in [5.74, 6) is 0.948. The molecular weight excluding hydrogens is 198 g/mol. The monoisotopic (exact) mass is 227 g/mol. The van der Waals surface area contributed by atoms with Crippen LogP contribution in [-0.4, -0.2) is 25.8 Å². The fraction of sp³-hybridized carbons (Fsp3) is 1.00. The number of rotatable bonds is 8. The van der Waals surface area contributed by atoms with Crippen LogP contribution in [0.15, 0.2) is 0 Å². The molecule has 1 fully saturated rings. The third-order valence-electron chi connectivity index (χ3n) is 3.55. The van der Waals surface area contributed by atoms with Crippen molar-refractivity contribution in [3.8, 4) is 0 Å². The second-order valence-electron chi connectivity index (χ2n) is 5.05. The molecule has 2 nitrogen and oxygen atoms in total. The molecule has 0 aromatic rings. The lowest BCUT2D eigenvalue weighted by Crippen LogP contribution is -2.36. The van der Waals surface area contributed by atoms with Gasteiger partial charge in [-0.1, -0.05) is 39.0 Å². The van der Waals surface area contributed by atoms with Crippen molar-refractivity contribution in [2.24, 2.45) is 5.92 Å². The zero-order chi connectivity index (χ0) is 11.6. The molecule has 0 spiro atoms. The molecule has 0 bridgehead atoms. The molecule has 0 aromatic heterocycles. The lowest BCUT2D eigenvalue weighted by atomic mass is 9.85. The minimum absolute atomic E-state index is 0.586. The maximum absolute atomic E-state index is 5.57. The molecule has 0 aromatic carbocycles. The fourth-order valence-corrected chi connectivity index (χ4v) is 2.64. The summed E-state index contributed by atoms with van der Waals surface area (Å²) in [5, 5.41) is 3.63. The first kappa shape index (κ1) is 14.0. The molecule has 1 atom stereocenters. The Morgan fingerprint density at radius 2 is 1.94 bits per heavy atom. The Bertz CT molecular complexity index is 147. The average molecular weight is 227 g/mol. The lowest BCUT2D eigenvalue weighted by molar-refractivity contribution is 0.110. The van der Waals surface area contributed by atoms with Crippen molar-refractivity contribution >= 4 is 0 Å². The fourth-order valence-electron chi connectivity index (χ4n) is 2.64. The summed E-state index contributed by atoms with van der Waals surface area (Å²) in [6, 6.07) is 0.586. The van der Waals surface area contributed by atoms with Crippen LogP contribution in [0.2, 0.25) is 0 Å². The van der Waals surface area contributed by atoms with E-state index in [2.05, 4.69) is 19.2 Å². The topological polar surface area (TPSA) is 21.3 Å². The van der Waals surface area contributed by atoms with E-state index in [4.69, 9.17) is 4.74 Å². The van der Waals surface area contributed by atoms with Crippen LogP contribution in [0.3, 0.4) is 0 Å². The molecule has 2 heteroatoms. The van der Waals surface area contributed by atoms with E-state index in [0.29, 0.717) is 6.04 Å². The minimum Gasteiger partial charge on any atom is -0.380 e. The van der Waals surface area contributed by atoms with Gasteiger partial charge >= 0.3 is 0 Å². The number of ether oxygens (including phenoxy) is 1. The van der Waals surface area contributed by atoms with Crippen molar-refractivity contribution in [2.75, 3.05) is 19.8 Å². The molecule has 0 saturated heterocycles. The van der Waals surface area contributed by atoms with Gasteiger partial charge in [0.15, 0.2) is 0 Å². The molecule has 1 N–H and O–H groups in total. The van der Waals surface area contributed by atoms with E-state index in [-0.39, 0.29) is 0 Å². The molecule has 96 valence electrons. The van der Waals surface area contributed by atoms with Gasteiger partial charge in [-0.3, -0.25) is 0 Å². The molecule has 16 heavy (non-hydrogen) atoms. The van der Waals surface area contributed by atoms with Gasteiger partial charge in [0.05, 0.1) is 6.61 Å². The Morgan fingerprint density at radius 1 is 1.19 bits per heavy atom. The summed E-state index contributed by atoms with van der Waals surface area (Å²) < 4.78 is 5.57. The molecule has 0 radical (unpaired) electrons. The predicted octanol–water partition coefficient (Wildman–Crippen LogP) is 3.36. The standard InChI is InChI=1S/C14H29NO/c1-3-10-15-14(12-16-4-2)11-13-8-6-5-7-9-13/h13-15H,3-12H2,1-2H3. The third kappa shape index (κ3) is 5.86. The van der Waals surface area contributed by atoms with Crippen molar-refractivity contribution in [3.05, 3.63) is 0 Å². The van der Waals surface area contributed by atoms with Gasteiger partial charge in [-0.05, 0) is 32.2 Å². The highest BCUT2D eigenvalue weighted by Gasteiger charge is 2.18. The van der Waals surface area contributed by atoms with E-state index in [9.17, 15) is 0 Å². The van der Waals surface area contributed by atoms with Crippen LogP contribution >= 0.6 is 0 Å². The SMILES string of the molecule is CCCNC(COCC)CC1CCCCC1. The van der Waals surface area contributed by atoms with Crippen molar-refractivity contribution in [2.45, 2.75) is 64.8 Å². The van der Waals surface area contributed by atoms with Gasteiger partial charge in [0.1, 0.15) is 0 Å². The maximum atomic E-state index is 5.57. The van der Waals surface area contributed by atoms with Crippen LogP contribution in [0.4, 0.5) is 0 Å². The third-order valence-corrected chi connectivity index (χ3v) is 3.55. The van der Waals surface area contributed by atoms with Crippen LogP contribution in [0, 0.1) is 5.92 Å². The van der Waals surface area contributed by atoms with Crippen LogP contribution < -0.4 is 5.32 Å². The van der Waals surface area contributed by atoms with E-state index < -0.39 is 0 Å². The summed E-state index contributed by atoms with van der Waals surface area (Å²) in [7, 11) is 0.